The molecule has 0 bridgehead atoms. The molecule has 0 radical (unpaired) electrons. The van der Waals surface area contributed by atoms with Gasteiger partial charge in [-0.3, -0.25) is 0 Å². The second kappa shape index (κ2) is 3.26. The van der Waals surface area contributed by atoms with Crippen LogP contribution in [0.1, 0.15) is 5.69 Å². The van der Waals surface area contributed by atoms with E-state index in [9.17, 15) is 13.2 Å². The third-order valence-electron chi connectivity index (χ3n) is 1.07. The van der Waals surface area contributed by atoms with Gasteiger partial charge in [0, 0.05) is 6.20 Å². The van der Waals surface area contributed by atoms with Crippen LogP contribution in [0.25, 0.3) is 0 Å². The Morgan fingerprint density at radius 1 is 1.42 bits per heavy atom. The fraction of sp³-hybridized carbons (Fsp3) is 0.333. The minimum atomic E-state index is -4.25. The molecule has 1 heterocycles. The maximum absolute atomic E-state index is 11.8. The summed E-state index contributed by atoms with van der Waals surface area (Å²) in [6, 6.07) is 1.18. The van der Waals surface area contributed by atoms with Gasteiger partial charge in [0.1, 0.15) is 0 Å². The third-order valence-corrected chi connectivity index (χ3v) is 1.25. The summed E-state index contributed by atoms with van der Waals surface area (Å²) in [5.41, 5.74) is -0.123. The number of halogens is 4. The van der Waals surface area contributed by atoms with Gasteiger partial charge < -0.3 is 0 Å². The van der Waals surface area contributed by atoms with Crippen molar-refractivity contribution in [1.29, 1.82) is 0 Å². The molecule has 0 aromatic carbocycles. The highest BCUT2D eigenvalue weighted by atomic mass is 35.5. The smallest absolute Gasteiger partial charge is 0.227 e. The summed E-state index contributed by atoms with van der Waals surface area (Å²) in [6.45, 7) is 0. The number of alkyl halides is 3. The van der Waals surface area contributed by atoms with Crippen molar-refractivity contribution in [1.82, 2.24) is 9.97 Å². The van der Waals surface area contributed by atoms with E-state index in [1.165, 1.54) is 12.3 Å². The lowest BCUT2D eigenvalue weighted by Crippen LogP contribution is -2.12. The quantitative estimate of drug-likeness (QED) is 0.644. The van der Waals surface area contributed by atoms with Crippen LogP contribution < -0.4 is 0 Å². The first-order valence-electron chi connectivity index (χ1n) is 3.01. The molecule has 0 aliphatic carbocycles. The molecular weight excluding hydrogens is 193 g/mol. The SMILES string of the molecule is FC(F)(F)Cc1ccnc(Cl)n1. The van der Waals surface area contributed by atoms with Gasteiger partial charge in [0.15, 0.2) is 0 Å². The highest BCUT2D eigenvalue weighted by Gasteiger charge is 2.28. The maximum Gasteiger partial charge on any atom is 0.394 e. The molecule has 0 fully saturated rings. The van der Waals surface area contributed by atoms with Crippen LogP contribution in [0.2, 0.25) is 5.28 Å². The first-order chi connectivity index (χ1) is 5.47. The summed E-state index contributed by atoms with van der Waals surface area (Å²) in [5, 5.41) is -0.170. The lowest BCUT2D eigenvalue weighted by Gasteiger charge is -2.04. The van der Waals surface area contributed by atoms with E-state index in [1.807, 2.05) is 0 Å². The first kappa shape index (κ1) is 9.25. The van der Waals surface area contributed by atoms with E-state index in [1.54, 1.807) is 0 Å². The molecule has 0 atom stereocenters. The normalized spacial score (nSPS) is 11.7. The zero-order valence-corrected chi connectivity index (χ0v) is 6.52. The molecule has 0 N–H and O–H groups in total. The summed E-state index contributed by atoms with van der Waals surface area (Å²) in [4.78, 5) is 6.85. The largest absolute Gasteiger partial charge is 0.394 e. The van der Waals surface area contributed by atoms with Crippen LogP contribution in [0.3, 0.4) is 0 Å². The Morgan fingerprint density at radius 3 is 2.58 bits per heavy atom. The fourth-order valence-electron chi connectivity index (χ4n) is 0.673. The van der Waals surface area contributed by atoms with Crippen molar-refractivity contribution < 1.29 is 13.2 Å². The van der Waals surface area contributed by atoms with Crippen molar-refractivity contribution in [3.05, 3.63) is 23.2 Å². The highest BCUT2D eigenvalue weighted by Crippen LogP contribution is 2.20. The van der Waals surface area contributed by atoms with Crippen LogP contribution >= 0.6 is 11.6 Å². The van der Waals surface area contributed by atoms with E-state index < -0.39 is 12.6 Å². The first-order valence-corrected chi connectivity index (χ1v) is 3.39. The average Bonchev–Trinajstić information content (AvgIpc) is 1.82. The van der Waals surface area contributed by atoms with Gasteiger partial charge in [0.25, 0.3) is 0 Å². The van der Waals surface area contributed by atoms with E-state index in [0.29, 0.717) is 0 Å². The predicted molar refractivity (Wildman–Crippen MR) is 36.8 cm³/mol. The van der Waals surface area contributed by atoms with Crippen LogP contribution in [0.4, 0.5) is 13.2 Å². The van der Waals surface area contributed by atoms with Crippen LogP contribution in [0.15, 0.2) is 12.3 Å². The summed E-state index contributed by atoms with van der Waals surface area (Å²) in [7, 11) is 0. The Bertz CT molecular complexity index is 274. The molecule has 1 aromatic heterocycles. The van der Waals surface area contributed by atoms with Gasteiger partial charge in [-0.2, -0.15) is 13.2 Å². The molecule has 12 heavy (non-hydrogen) atoms. The summed E-state index contributed by atoms with van der Waals surface area (Å²) >= 11 is 5.28. The van der Waals surface area contributed by atoms with Gasteiger partial charge in [0.2, 0.25) is 5.28 Å². The molecule has 0 amide bonds. The van der Waals surface area contributed by atoms with E-state index >= 15 is 0 Å². The van der Waals surface area contributed by atoms with Crippen molar-refractivity contribution in [3.63, 3.8) is 0 Å². The van der Waals surface area contributed by atoms with Crippen LogP contribution in [-0.4, -0.2) is 16.1 Å². The Balaban J connectivity index is 2.77. The van der Waals surface area contributed by atoms with Gasteiger partial charge in [-0.1, -0.05) is 0 Å². The predicted octanol–water partition coefficient (Wildman–Crippen LogP) is 2.23. The van der Waals surface area contributed by atoms with Crippen LogP contribution in [0, 0.1) is 0 Å². The molecule has 0 unspecified atom stereocenters. The van der Waals surface area contributed by atoms with Gasteiger partial charge in [-0.25, -0.2) is 9.97 Å². The summed E-state index contributed by atoms with van der Waals surface area (Å²) in [6.07, 6.45) is -4.14. The number of hydrogen-bond acceptors (Lipinski definition) is 2. The fourth-order valence-corrected chi connectivity index (χ4v) is 0.838. The van der Waals surface area contributed by atoms with Crippen molar-refractivity contribution in [2.75, 3.05) is 0 Å². The Labute approximate surface area is 71.4 Å². The van der Waals surface area contributed by atoms with Crippen LogP contribution in [0.5, 0.6) is 0 Å². The molecular formula is C6H4ClF3N2. The molecule has 0 saturated carbocycles. The van der Waals surface area contributed by atoms with Gasteiger partial charge in [-0.05, 0) is 17.7 Å². The molecule has 6 heteroatoms. The number of nitrogens with zero attached hydrogens (tertiary/aromatic N) is 2. The topological polar surface area (TPSA) is 25.8 Å². The van der Waals surface area contributed by atoms with Gasteiger partial charge in [0.05, 0.1) is 12.1 Å². The minimum absolute atomic E-state index is 0.123. The monoisotopic (exact) mass is 196 g/mol. The second-order valence-electron chi connectivity index (χ2n) is 2.11. The lowest BCUT2D eigenvalue weighted by atomic mass is 10.3. The standard InChI is InChI=1S/C6H4ClF3N2/c7-5-11-2-1-4(12-5)3-6(8,9)10/h1-2H,3H2. The molecule has 0 saturated heterocycles. The maximum atomic E-state index is 11.8. The van der Waals surface area contributed by atoms with Crippen molar-refractivity contribution in [2.24, 2.45) is 0 Å². The minimum Gasteiger partial charge on any atom is -0.227 e. The molecule has 1 aromatic rings. The van der Waals surface area contributed by atoms with Gasteiger partial charge in [-0.15, -0.1) is 0 Å². The lowest BCUT2D eigenvalue weighted by molar-refractivity contribution is -0.127. The molecule has 1 rings (SSSR count). The highest BCUT2D eigenvalue weighted by molar-refractivity contribution is 6.28. The van der Waals surface area contributed by atoms with E-state index in [-0.39, 0.29) is 11.0 Å². The Kier molecular flexibility index (Phi) is 2.52. The van der Waals surface area contributed by atoms with Crippen molar-refractivity contribution in [3.8, 4) is 0 Å². The third kappa shape index (κ3) is 3.04. The van der Waals surface area contributed by atoms with E-state index in [2.05, 4.69) is 9.97 Å². The van der Waals surface area contributed by atoms with Crippen molar-refractivity contribution >= 4 is 11.6 Å². The molecule has 2 nitrogen and oxygen atoms in total. The zero-order valence-electron chi connectivity index (χ0n) is 5.77. The van der Waals surface area contributed by atoms with E-state index in [4.69, 9.17) is 11.6 Å². The van der Waals surface area contributed by atoms with Gasteiger partial charge >= 0.3 is 6.18 Å². The Morgan fingerprint density at radius 2 is 2.08 bits per heavy atom. The Hall–Kier alpha value is -0.840. The summed E-state index contributed by atoms with van der Waals surface area (Å²) in [5.74, 6) is 0. The molecule has 0 spiro atoms. The number of rotatable bonds is 1. The number of hydrogen-bond donors (Lipinski definition) is 0. The molecule has 0 aliphatic rings. The van der Waals surface area contributed by atoms with E-state index in [0.717, 1.165) is 0 Å². The average molecular weight is 197 g/mol. The molecule has 0 aliphatic heterocycles. The number of aromatic nitrogens is 2. The zero-order chi connectivity index (χ0) is 9.19. The van der Waals surface area contributed by atoms with Crippen molar-refractivity contribution in [2.45, 2.75) is 12.6 Å². The molecule has 66 valence electrons. The van der Waals surface area contributed by atoms with Crippen LogP contribution in [-0.2, 0) is 6.42 Å². The summed E-state index contributed by atoms with van der Waals surface area (Å²) < 4.78 is 35.3. The second-order valence-corrected chi connectivity index (χ2v) is 2.45.